The lowest BCUT2D eigenvalue weighted by molar-refractivity contribution is 0.769. The van der Waals surface area contributed by atoms with E-state index >= 15 is 0 Å². The van der Waals surface area contributed by atoms with Gasteiger partial charge in [0.2, 0.25) is 0 Å². The number of fused-ring (bicyclic) bond motifs is 5. The number of allylic oxidation sites excluding steroid dienone is 2. The molecule has 0 bridgehead atoms. The molecule has 0 N–H and O–H groups in total. The number of aromatic nitrogens is 3. The largest absolute Gasteiger partial charge is 0.208 e. The lowest BCUT2D eigenvalue weighted by Crippen LogP contribution is -2.28. The third-order valence-corrected chi connectivity index (χ3v) is 14.2. The van der Waals surface area contributed by atoms with Gasteiger partial charge in [0.25, 0.3) is 0 Å². The van der Waals surface area contributed by atoms with Crippen molar-refractivity contribution < 1.29 is 0 Å². The highest BCUT2D eigenvalue weighted by atomic mass is 15.0. The first-order valence-electron chi connectivity index (χ1n) is 24.1. The fraction of sp³-hybridized carbons (Fsp3) is 0.0299. The summed E-state index contributed by atoms with van der Waals surface area (Å²) in [4.78, 5) is 16.0. The second-order valence-corrected chi connectivity index (χ2v) is 18.2. The van der Waals surface area contributed by atoms with Gasteiger partial charge in [0.05, 0.1) is 5.41 Å². The summed E-state index contributed by atoms with van der Waals surface area (Å²) in [5.74, 6) is 1.89. The second-order valence-electron chi connectivity index (χ2n) is 18.2. The number of hydrogen-bond donors (Lipinski definition) is 0. The van der Waals surface area contributed by atoms with Crippen LogP contribution in [0.3, 0.4) is 0 Å². The van der Waals surface area contributed by atoms with Crippen molar-refractivity contribution in [2.24, 2.45) is 0 Å². The average molecular weight is 892 g/mol. The summed E-state index contributed by atoms with van der Waals surface area (Å²) in [5, 5.41) is 2.25. The van der Waals surface area contributed by atoms with E-state index in [1.54, 1.807) is 0 Å². The van der Waals surface area contributed by atoms with Gasteiger partial charge in [0.1, 0.15) is 0 Å². The quantitative estimate of drug-likeness (QED) is 0.153. The zero-order valence-electron chi connectivity index (χ0n) is 38.4. The molecule has 1 aromatic heterocycles. The molecule has 70 heavy (non-hydrogen) atoms. The number of nitrogens with zero attached hydrogens (tertiary/aromatic N) is 3. The summed E-state index contributed by atoms with van der Waals surface area (Å²) in [5.41, 5.74) is 19.1. The van der Waals surface area contributed by atoms with Crippen LogP contribution in [0.5, 0.6) is 0 Å². The smallest absolute Gasteiger partial charge is 0.165 e. The molecular weight excluding hydrogens is 847 g/mol. The summed E-state index contributed by atoms with van der Waals surface area (Å²) in [7, 11) is 0. The topological polar surface area (TPSA) is 38.7 Å². The Labute approximate surface area is 408 Å². The van der Waals surface area contributed by atoms with Crippen molar-refractivity contribution in [1.29, 1.82) is 0 Å². The van der Waals surface area contributed by atoms with E-state index in [0.29, 0.717) is 17.5 Å². The number of rotatable bonds is 8. The molecule has 0 radical (unpaired) electrons. The van der Waals surface area contributed by atoms with Crippen molar-refractivity contribution in [1.82, 2.24) is 15.0 Å². The maximum absolute atomic E-state index is 5.40. The third-order valence-electron chi connectivity index (χ3n) is 14.2. The maximum Gasteiger partial charge on any atom is 0.165 e. The molecule has 1 heterocycles. The fourth-order valence-electron chi connectivity index (χ4n) is 10.9. The standard InChI is InChI=1S/C67H45N3/c1-6-18-45(19-7-1)46-30-32-49(33-31-46)64-68-65(70-66(69-64)63-57-27-15-3-10-22-48(57)38-40-58(63)47-20-8-2-9-21-47)54-37-36-50-42-51(34-35-52(50)43-54)53-39-41-60-59-28-16-17-29-61(59)67(62(60)44-53,55-23-11-4-12-24-55)56-25-13-5-14-26-56/h1-2,4-44H,3H2. The normalized spacial score (nSPS) is 13.1. The van der Waals surface area contributed by atoms with Crippen LogP contribution in [0.4, 0.5) is 0 Å². The number of hydrogen-bond acceptors (Lipinski definition) is 3. The molecule has 2 aliphatic carbocycles. The molecule has 0 fully saturated rings. The Kier molecular flexibility index (Phi) is 10.1. The van der Waals surface area contributed by atoms with Crippen LogP contribution >= 0.6 is 0 Å². The van der Waals surface area contributed by atoms with Gasteiger partial charge in [-0.25, -0.2) is 15.0 Å². The first kappa shape index (κ1) is 41.2. The summed E-state index contributed by atoms with van der Waals surface area (Å²) < 4.78 is 0. The Bertz CT molecular complexity index is 3780. The van der Waals surface area contributed by atoms with Gasteiger partial charge in [0.15, 0.2) is 17.5 Å². The minimum atomic E-state index is -0.463. The first-order chi connectivity index (χ1) is 34.7. The predicted octanol–water partition coefficient (Wildman–Crippen LogP) is 16.8. The van der Waals surface area contributed by atoms with Gasteiger partial charge < -0.3 is 0 Å². The monoisotopic (exact) mass is 891 g/mol. The van der Waals surface area contributed by atoms with Crippen molar-refractivity contribution >= 4 is 22.9 Å². The zero-order valence-corrected chi connectivity index (χ0v) is 38.4. The average Bonchev–Trinajstić information content (AvgIpc) is 3.53. The van der Waals surface area contributed by atoms with Crippen molar-refractivity contribution in [3.05, 3.63) is 282 Å². The Balaban J connectivity index is 0.943. The molecule has 0 saturated heterocycles. The molecular formula is C67H45N3. The summed E-state index contributed by atoms with van der Waals surface area (Å²) >= 11 is 0. The van der Waals surface area contributed by atoms with Crippen LogP contribution in [0.2, 0.25) is 0 Å². The SMILES string of the molecule is C1=Cc2ccc(-c3ccccc3)c(-c3nc(-c4ccc(-c5ccccc5)cc4)nc(-c4ccc5cc(-c6ccc7c(c6)C(c6ccccc6)(c6ccccc6)c6ccccc6-7)ccc5c4)n3)c2C=CC1. The van der Waals surface area contributed by atoms with E-state index in [-0.39, 0.29) is 0 Å². The Morgan fingerprint density at radius 3 is 1.51 bits per heavy atom. The second kappa shape index (κ2) is 17.2. The van der Waals surface area contributed by atoms with E-state index in [4.69, 9.17) is 15.0 Å². The third kappa shape index (κ3) is 7.02. The van der Waals surface area contributed by atoms with Crippen LogP contribution in [0, 0.1) is 0 Å². The van der Waals surface area contributed by atoms with Crippen LogP contribution in [-0.4, -0.2) is 15.0 Å². The molecule has 0 atom stereocenters. The van der Waals surface area contributed by atoms with E-state index in [2.05, 4.69) is 255 Å². The Morgan fingerprint density at radius 2 is 0.800 bits per heavy atom. The van der Waals surface area contributed by atoms with Gasteiger partial charge in [-0.2, -0.15) is 0 Å². The van der Waals surface area contributed by atoms with Crippen molar-refractivity contribution in [3.8, 4) is 78.7 Å². The van der Waals surface area contributed by atoms with E-state index < -0.39 is 5.41 Å². The fourth-order valence-corrected chi connectivity index (χ4v) is 10.9. The molecule has 10 aromatic carbocycles. The van der Waals surface area contributed by atoms with Gasteiger partial charge >= 0.3 is 0 Å². The predicted molar refractivity (Wildman–Crippen MR) is 290 cm³/mol. The molecule has 0 saturated carbocycles. The summed E-state index contributed by atoms with van der Waals surface area (Å²) in [6.07, 6.45) is 9.72. The number of benzene rings is 10. The highest BCUT2D eigenvalue weighted by Crippen LogP contribution is 2.56. The molecule has 0 spiro atoms. The van der Waals surface area contributed by atoms with Crippen LogP contribution in [0.15, 0.2) is 249 Å². The highest BCUT2D eigenvalue weighted by Gasteiger charge is 2.46. The van der Waals surface area contributed by atoms with Gasteiger partial charge in [0, 0.05) is 16.7 Å². The molecule has 3 heteroatoms. The minimum absolute atomic E-state index is 0.463. The van der Waals surface area contributed by atoms with E-state index in [1.807, 2.05) is 6.07 Å². The lowest BCUT2D eigenvalue weighted by atomic mass is 9.67. The van der Waals surface area contributed by atoms with Crippen LogP contribution in [-0.2, 0) is 5.41 Å². The van der Waals surface area contributed by atoms with Crippen molar-refractivity contribution in [2.45, 2.75) is 11.8 Å². The Hall–Kier alpha value is -9.05. The van der Waals surface area contributed by atoms with Crippen LogP contribution in [0.25, 0.3) is 102 Å². The van der Waals surface area contributed by atoms with E-state index in [0.717, 1.165) is 67.3 Å². The lowest BCUT2D eigenvalue weighted by Gasteiger charge is -2.34. The molecule has 328 valence electrons. The minimum Gasteiger partial charge on any atom is -0.208 e. The molecule has 2 aliphatic rings. The molecule has 11 aromatic rings. The zero-order chi connectivity index (χ0) is 46.4. The van der Waals surface area contributed by atoms with Crippen molar-refractivity contribution in [2.75, 3.05) is 0 Å². The highest BCUT2D eigenvalue weighted by molar-refractivity contribution is 5.94. The maximum atomic E-state index is 5.40. The summed E-state index contributed by atoms with van der Waals surface area (Å²) in [6, 6.07) is 85.4. The van der Waals surface area contributed by atoms with Gasteiger partial charge in [-0.15, -0.1) is 0 Å². The van der Waals surface area contributed by atoms with E-state index in [1.165, 1.54) is 44.5 Å². The molecule has 3 nitrogen and oxygen atoms in total. The van der Waals surface area contributed by atoms with Crippen LogP contribution < -0.4 is 0 Å². The molecule has 0 aliphatic heterocycles. The first-order valence-corrected chi connectivity index (χ1v) is 24.1. The van der Waals surface area contributed by atoms with Crippen LogP contribution in [0.1, 0.15) is 39.8 Å². The van der Waals surface area contributed by atoms with Gasteiger partial charge in [-0.3, -0.25) is 0 Å². The van der Waals surface area contributed by atoms with E-state index in [9.17, 15) is 0 Å². The van der Waals surface area contributed by atoms with Crippen molar-refractivity contribution in [3.63, 3.8) is 0 Å². The van der Waals surface area contributed by atoms with Gasteiger partial charge in [-0.05, 0) is 113 Å². The Morgan fingerprint density at radius 1 is 0.314 bits per heavy atom. The molecule has 0 unspecified atom stereocenters. The van der Waals surface area contributed by atoms with Gasteiger partial charge in [-0.1, -0.05) is 243 Å². The summed E-state index contributed by atoms with van der Waals surface area (Å²) in [6.45, 7) is 0. The molecule has 0 amide bonds. The molecule has 13 rings (SSSR count).